The van der Waals surface area contributed by atoms with Crippen molar-refractivity contribution >= 4 is 23.6 Å². The van der Waals surface area contributed by atoms with Gasteiger partial charge in [0.05, 0.1) is 6.61 Å². The van der Waals surface area contributed by atoms with E-state index in [1.807, 2.05) is 32.0 Å². The molecular formula is C29H35N3O5. The topological polar surface area (TPSA) is 108 Å². The zero-order chi connectivity index (χ0) is 27.3. The molecule has 1 fully saturated rings. The van der Waals surface area contributed by atoms with Crippen molar-refractivity contribution in [3.05, 3.63) is 64.7 Å². The van der Waals surface area contributed by atoms with Crippen molar-refractivity contribution in [1.29, 1.82) is 0 Å². The summed E-state index contributed by atoms with van der Waals surface area (Å²) >= 11 is 0. The third-order valence-electron chi connectivity index (χ3n) is 6.02. The van der Waals surface area contributed by atoms with Gasteiger partial charge in [-0.1, -0.05) is 36.3 Å². The van der Waals surface area contributed by atoms with E-state index in [0.717, 1.165) is 11.1 Å². The Labute approximate surface area is 218 Å². The smallest absolute Gasteiger partial charge is 0.408 e. The number of aliphatic hydroxyl groups is 1. The van der Waals surface area contributed by atoms with E-state index in [4.69, 9.17) is 11.2 Å². The number of terminal acetylenes is 1. The molecule has 0 saturated heterocycles. The molecule has 0 heterocycles. The minimum Gasteiger partial charge on any atom is -0.444 e. The Morgan fingerprint density at radius 3 is 2.19 bits per heavy atom. The largest absolute Gasteiger partial charge is 0.444 e. The standard InChI is InChI=1S/C29H35N3O5/c1-7-20-11-13-21(14-12-20)25(26(34)31-24-18(2)9-8-10-19(24)3)32(22-15-16-22)27(35)23(17-33)30-28(36)37-29(4,5)6/h1,8-14,22-23,25,33H,15-17H2,2-6H3,(H,30,36)(H,31,34). The van der Waals surface area contributed by atoms with Crippen molar-refractivity contribution in [2.45, 2.75) is 71.2 Å². The highest BCUT2D eigenvalue weighted by Gasteiger charge is 2.44. The first-order chi connectivity index (χ1) is 17.4. The maximum atomic E-state index is 13.9. The SMILES string of the molecule is C#Cc1ccc(C(C(=O)Nc2c(C)cccc2C)N(C(=O)C(CO)NC(=O)OC(C)(C)C)C2CC2)cc1. The third kappa shape index (κ3) is 7.11. The molecule has 2 aromatic carbocycles. The summed E-state index contributed by atoms with van der Waals surface area (Å²) in [5.74, 6) is 1.58. The van der Waals surface area contributed by atoms with Crippen LogP contribution in [-0.2, 0) is 14.3 Å². The summed E-state index contributed by atoms with van der Waals surface area (Å²) in [6.45, 7) is 8.25. The molecule has 0 bridgehead atoms. The molecule has 1 aliphatic rings. The molecule has 1 saturated carbocycles. The van der Waals surface area contributed by atoms with Gasteiger partial charge >= 0.3 is 6.09 Å². The summed E-state index contributed by atoms with van der Waals surface area (Å²) in [5, 5.41) is 15.5. The maximum absolute atomic E-state index is 13.9. The summed E-state index contributed by atoms with van der Waals surface area (Å²) < 4.78 is 5.27. The Kier molecular flexibility index (Phi) is 8.61. The first kappa shape index (κ1) is 27.8. The van der Waals surface area contributed by atoms with E-state index in [1.165, 1.54) is 4.90 Å². The van der Waals surface area contributed by atoms with Crippen LogP contribution in [0.5, 0.6) is 0 Å². The number of hydrogen-bond acceptors (Lipinski definition) is 5. The average molecular weight is 506 g/mol. The lowest BCUT2D eigenvalue weighted by Gasteiger charge is -2.34. The van der Waals surface area contributed by atoms with Gasteiger partial charge in [0.2, 0.25) is 5.91 Å². The molecule has 3 amide bonds. The van der Waals surface area contributed by atoms with E-state index < -0.39 is 42.2 Å². The van der Waals surface area contributed by atoms with Gasteiger partial charge in [-0.05, 0) is 76.3 Å². The average Bonchev–Trinajstić information content (AvgIpc) is 3.67. The van der Waals surface area contributed by atoms with E-state index in [1.54, 1.807) is 45.0 Å². The van der Waals surface area contributed by atoms with Crippen molar-refractivity contribution in [3.8, 4) is 12.3 Å². The van der Waals surface area contributed by atoms with Crippen molar-refractivity contribution < 1.29 is 24.2 Å². The van der Waals surface area contributed by atoms with Crippen molar-refractivity contribution in [1.82, 2.24) is 10.2 Å². The van der Waals surface area contributed by atoms with Crippen LogP contribution in [0, 0.1) is 26.2 Å². The number of amides is 3. The van der Waals surface area contributed by atoms with Crippen LogP contribution in [0.15, 0.2) is 42.5 Å². The van der Waals surface area contributed by atoms with Crippen LogP contribution in [0.4, 0.5) is 10.5 Å². The minimum atomic E-state index is -1.28. The number of nitrogens with one attached hydrogen (secondary N) is 2. The number of para-hydroxylation sites is 1. The normalized spacial score (nSPS) is 14.6. The number of benzene rings is 2. The quantitative estimate of drug-likeness (QED) is 0.473. The second kappa shape index (κ2) is 11.5. The van der Waals surface area contributed by atoms with Gasteiger partial charge in [0.15, 0.2) is 0 Å². The van der Waals surface area contributed by atoms with Crippen molar-refractivity contribution in [2.75, 3.05) is 11.9 Å². The molecular weight excluding hydrogens is 470 g/mol. The van der Waals surface area contributed by atoms with Crippen LogP contribution in [0.2, 0.25) is 0 Å². The van der Waals surface area contributed by atoms with Crippen LogP contribution < -0.4 is 10.6 Å². The summed E-state index contributed by atoms with van der Waals surface area (Å²) in [6, 6.07) is 10.1. The van der Waals surface area contributed by atoms with E-state index in [2.05, 4.69) is 16.6 Å². The molecule has 1 aliphatic carbocycles. The van der Waals surface area contributed by atoms with Gasteiger partial charge in [-0.25, -0.2) is 4.79 Å². The fourth-order valence-electron chi connectivity index (χ4n) is 4.09. The van der Waals surface area contributed by atoms with Crippen molar-refractivity contribution in [3.63, 3.8) is 0 Å². The Bertz CT molecular complexity index is 1170. The van der Waals surface area contributed by atoms with E-state index in [9.17, 15) is 19.5 Å². The third-order valence-corrected chi connectivity index (χ3v) is 6.02. The van der Waals surface area contributed by atoms with Gasteiger partial charge in [-0.15, -0.1) is 6.42 Å². The number of carbonyl (C=O) groups excluding carboxylic acids is 3. The van der Waals surface area contributed by atoms with Gasteiger partial charge in [0, 0.05) is 17.3 Å². The Morgan fingerprint density at radius 2 is 1.70 bits per heavy atom. The van der Waals surface area contributed by atoms with Crippen molar-refractivity contribution in [2.24, 2.45) is 0 Å². The van der Waals surface area contributed by atoms with Crippen LogP contribution in [-0.4, -0.2) is 52.2 Å². The highest BCUT2D eigenvalue weighted by atomic mass is 16.6. The predicted octanol–water partition coefficient (Wildman–Crippen LogP) is 3.84. The second-order valence-electron chi connectivity index (χ2n) is 10.3. The monoisotopic (exact) mass is 505 g/mol. The Morgan fingerprint density at radius 1 is 1.11 bits per heavy atom. The molecule has 3 rings (SSSR count). The number of nitrogens with zero attached hydrogens (tertiary/aromatic N) is 1. The summed E-state index contributed by atoms with van der Waals surface area (Å²) in [6.07, 6.45) is 6.08. The van der Waals surface area contributed by atoms with Gasteiger partial charge < -0.3 is 25.4 Å². The Hall–Kier alpha value is -3.83. The fraction of sp³-hybridized carbons (Fsp3) is 0.414. The molecule has 8 nitrogen and oxygen atoms in total. The summed E-state index contributed by atoms with van der Waals surface area (Å²) in [4.78, 5) is 41.5. The van der Waals surface area contributed by atoms with Gasteiger partial charge in [0.1, 0.15) is 17.7 Å². The molecule has 2 unspecified atom stereocenters. The van der Waals surface area contributed by atoms with Gasteiger partial charge in [-0.3, -0.25) is 9.59 Å². The van der Waals surface area contributed by atoms with Gasteiger partial charge in [0.25, 0.3) is 5.91 Å². The van der Waals surface area contributed by atoms with Crippen LogP contribution in [0.3, 0.4) is 0 Å². The predicted molar refractivity (Wildman–Crippen MR) is 142 cm³/mol. The fourth-order valence-corrected chi connectivity index (χ4v) is 4.09. The lowest BCUT2D eigenvalue weighted by Crippen LogP contribution is -2.54. The number of anilines is 1. The number of ether oxygens (including phenoxy) is 1. The molecule has 2 aromatic rings. The first-order valence-electron chi connectivity index (χ1n) is 12.3. The molecule has 0 aliphatic heterocycles. The lowest BCUT2D eigenvalue weighted by atomic mass is 10.00. The Balaban J connectivity index is 1.99. The van der Waals surface area contributed by atoms with E-state index >= 15 is 0 Å². The van der Waals surface area contributed by atoms with Crippen LogP contribution in [0.1, 0.15) is 61.9 Å². The van der Waals surface area contributed by atoms with Crippen LogP contribution in [0.25, 0.3) is 0 Å². The number of aliphatic hydroxyl groups excluding tert-OH is 1. The molecule has 37 heavy (non-hydrogen) atoms. The lowest BCUT2D eigenvalue weighted by molar-refractivity contribution is -0.142. The highest BCUT2D eigenvalue weighted by Crippen LogP contribution is 2.36. The first-order valence-corrected chi connectivity index (χ1v) is 12.3. The molecule has 2 atom stereocenters. The summed E-state index contributed by atoms with van der Waals surface area (Å²) in [7, 11) is 0. The van der Waals surface area contributed by atoms with Crippen LogP contribution >= 0.6 is 0 Å². The van der Waals surface area contributed by atoms with E-state index in [0.29, 0.717) is 29.7 Å². The zero-order valence-corrected chi connectivity index (χ0v) is 22.0. The number of carbonyl (C=O) groups is 3. The molecule has 0 spiro atoms. The van der Waals surface area contributed by atoms with E-state index in [-0.39, 0.29) is 6.04 Å². The molecule has 196 valence electrons. The number of alkyl carbamates (subject to hydrolysis) is 1. The molecule has 0 aromatic heterocycles. The number of hydrogen-bond donors (Lipinski definition) is 3. The second-order valence-corrected chi connectivity index (χ2v) is 10.3. The van der Waals surface area contributed by atoms with Gasteiger partial charge in [-0.2, -0.15) is 0 Å². The molecule has 8 heteroatoms. The maximum Gasteiger partial charge on any atom is 0.408 e. The number of rotatable bonds is 8. The molecule has 0 radical (unpaired) electrons. The highest BCUT2D eigenvalue weighted by molar-refractivity contribution is 6.00. The minimum absolute atomic E-state index is 0.219. The zero-order valence-electron chi connectivity index (χ0n) is 22.0. The summed E-state index contributed by atoms with van der Waals surface area (Å²) in [5.41, 5.74) is 2.87. The number of aryl methyl sites for hydroxylation is 2. The molecule has 3 N–H and O–H groups in total.